The molecule has 1 amide bonds. The second-order valence-corrected chi connectivity index (χ2v) is 8.61. The smallest absolute Gasteiger partial charge is 0.224 e. The van der Waals surface area contributed by atoms with E-state index in [1.54, 1.807) is 0 Å². The van der Waals surface area contributed by atoms with Crippen LogP contribution in [0.3, 0.4) is 0 Å². The van der Waals surface area contributed by atoms with Crippen LogP contribution in [-0.2, 0) is 11.2 Å². The molecule has 0 radical (unpaired) electrons. The lowest BCUT2D eigenvalue weighted by molar-refractivity contribution is -0.120. The normalized spacial score (nSPS) is 34.8. The van der Waals surface area contributed by atoms with Crippen molar-refractivity contribution in [3.05, 3.63) is 17.0 Å². The van der Waals surface area contributed by atoms with Gasteiger partial charge in [-0.2, -0.15) is 5.10 Å². The monoisotopic (exact) mass is 315 g/mol. The molecule has 2 N–H and O–H groups in total. The second kappa shape index (κ2) is 5.64. The van der Waals surface area contributed by atoms with E-state index in [9.17, 15) is 4.79 Å². The molecule has 0 spiro atoms. The van der Waals surface area contributed by atoms with Crippen LogP contribution in [-0.4, -0.2) is 22.6 Å². The molecular weight excluding hydrogens is 286 g/mol. The Morgan fingerprint density at radius 3 is 2.30 bits per heavy atom. The van der Waals surface area contributed by atoms with Crippen molar-refractivity contribution < 1.29 is 4.79 Å². The Bertz CT molecular complexity index is 549. The van der Waals surface area contributed by atoms with Gasteiger partial charge < -0.3 is 5.32 Å². The number of aryl methyl sites for hydroxylation is 2. The molecule has 126 valence electrons. The van der Waals surface area contributed by atoms with Crippen LogP contribution in [0.2, 0.25) is 0 Å². The van der Waals surface area contributed by atoms with E-state index in [1.165, 1.54) is 44.9 Å². The average Bonchev–Trinajstić information content (AvgIpc) is 2.77. The molecule has 4 heteroatoms. The highest BCUT2D eigenvalue weighted by Crippen LogP contribution is 2.61. The Labute approximate surface area is 138 Å². The first-order valence-corrected chi connectivity index (χ1v) is 9.30. The number of hydrogen-bond donors (Lipinski definition) is 2. The van der Waals surface area contributed by atoms with Crippen LogP contribution in [0.15, 0.2) is 0 Å². The molecule has 0 aromatic carbocycles. The summed E-state index contributed by atoms with van der Waals surface area (Å²) in [6, 6.07) is 0. The second-order valence-electron chi connectivity index (χ2n) is 8.61. The standard InChI is InChI=1S/C19H29N3O/c1-12-17(13(2)22-21-12)8-18(23)20-4-3-19-9-14-5-15(10-19)7-16(6-14)11-19/h14-16H,3-11H2,1-2H3,(H,20,23)(H,21,22). The van der Waals surface area contributed by atoms with Crippen LogP contribution in [0.4, 0.5) is 0 Å². The van der Waals surface area contributed by atoms with Crippen molar-refractivity contribution in [1.82, 2.24) is 15.5 Å². The summed E-state index contributed by atoms with van der Waals surface area (Å²) < 4.78 is 0. The van der Waals surface area contributed by atoms with Crippen molar-refractivity contribution >= 4 is 5.91 Å². The van der Waals surface area contributed by atoms with Gasteiger partial charge in [0, 0.05) is 17.8 Å². The summed E-state index contributed by atoms with van der Waals surface area (Å²) in [7, 11) is 0. The van der Waals surface area contributed by atoms with Crippen molar-refractivity contribution in [2.24, 2.45) is 23.2 Å². The Hall–Kier alpha value is -1.32. The van der Waals surface area contributed by atoms with Gasteiger partial charge >= 0.3 is 0 Å². The number of aromatic nitrogens is 2. The molecule has 4 fully saturated rings. The maximum atomic E-state index is 12.2. The zero-order valence-corrected chi connectivity index (χ0v) is 14.5. The summed E-state index contributed by atoms with van der Waals surface area (Å²) in [5.74, 6) is 3.12. The van der Waals surface area contributed by atoms with Crippen LogP contribution < -0.4 is 5.32 Å². The van der Waals surface area contributed by atoms with Gasteiger partial charge in [0.2, 0.25) is 5.91 Å². The van der Waals surface area contributed by atoms with E-state index in [2.05, 4.69) is 15.5 Å². The summed E-state index contributed by atoms with van der Waals surface area (Å²) in [5.41, 5.74) is 3.57. The molecule has 1 heterocycles. The minimum atomic E-state index is 0.141. The van der Waals surface area contributed by atoms with E-state index in [4.69, 9.17) is 0 Å². The third kappa shape index (κ3) is 2.92. The van der Waals surface area contributed by atoms with Crippen LogP contribution in [0.5, 0.6) is 0 Å². The van der Waals surface area contributed by atoms with E-state index in [1.807, 2.05) is 13.8 Å². The summed E-state index contributed by atoms with van der Waals surface area (Å²) in [5, 5.41) is 10.3. The van der Waals surface area contributed by atoms with Crippen LogP contribution in [0.25, 0.3) is 0 Å². The molecule has 4 nitrogen and oxygen atoms in total. The lowest BCUT2D eigenvalue weighted by Crippen LogP contribution is -2.47. The van der Waals surface area contributed by atoms with Gasteiger partial charge in [-0.3, -0.25) is 9.89 Å². The van der Waals surface area contributed by atoms with E-state index in [0.29, 0.717) is 11.8 Å². The molecular formula is C19H29N3O. The summed E-state index contributed by atoms with van der Waals surface area (Å²) in [6.45, 7) is 4.79. The van der Waals surface area contributed by atoms with Gasteiger partial charge in [-0.05, 0) is 82.0 Å². The Balaban J connectivity index is 1.29. The molecule has 4 saturated carbocycles. The molecule has 4 aliphatic carbocycles. The number of carbonyl (C=O) groups is 1. The highest BCUT2D eigenvalue weighted by atomic mass is 16.1. The molecule has 4 aliphatic rings. The van der Waals surface area contributed by atoms with Crippen molar-refractivity contribution in [3.63, 3.8) is 0 Å². The van der Waals surface area contributed by atoms with Crippen LogP contribution in [0, 0.1) is 37.0 Å². The van der Waals surface area contributed by atoms with Gasteiger partial charge in [-0.25, -0.2) is 0 Å². The van der Waals surface area contributed by atoms with E-state index in [0.717, 1.165) is 41.2 Å². The first-order valence-electron chi connectivity index (χ1n) is 9.30. The number of amides is 1. The Kier molecular flexibility index (Phi) is 3.73. The molecule has 0 unspecified atom stereocenters. The fourth-order valence-electron chi connectivity index (χ4n) is 6.12. The zero-order valence-electron chi connectivity index (χ0n) is 14.5. The number of nitrogens with zero attached hydrogens (tertiary/aromatic N) is 1. The quantitative estimate of drug-likeness (QED) is 0.876. The highest BCUT2D eigenvalue weighted by Gasteiger charge is 2.50. The number of nitrogens with one attached hydrogen (secondary N) is 2. The van der Waals surface area contributed by atoms with Gasteiger partial charge in [0.25, 0.3) is 0 Å². The predicted molar refractivity (Wildman–Crippen MR) is 90.0 cm³/mol. The number of carbonyl (C=O) groups excluding carboxylic acids is 1. The zero-order chi connectivity index (χ0) is 16.0. The third-order valence-corrected chi connectivity index (χ3v) is 6.76. The van der Waals surface area contributed by atoms with Crippen molar-refractivity contribution in [2.75, 3.05) is 6.54 Å². The average molecular weight is 315 g/mol. The lowest BCUT2D eigenvalue weighted by Gasteiger charge is -2.57. The van der Waals surface area contributed by atoms with Crippen LogP contribution >= 0.6 is 0 Å². The van der Waals surface area contributed by atoms with E-state index >= 15 is 0 Å². The molecule has 0 atom stereocenters. The molecule has 0 aliphatic heterocycles. The fraction of sp³-hybridized carbons (Fsp3) is 0.789. The highest BCUT2D eigenvalue weighted by molar-refractivity contribution is 5.79. The SMILES string of the molecule is Cc1n[nH]c(C)c1CC(=O)NCCC12CC3CC(CC(C3)C1)C2. The Morgan fingerprint density at radius 2 is 1.78 bits per heavy atom. The largest absolute Gasteiger partial charge is 0.356 e. The molecule has 1 aromatic heterocycles. The van der Waals surface area contributed by atoms with Crippen molar-refractivity contribution in [1.29, 1.82) is 0 Å². The Morgan fingerprint density at radius 1 is 1.17 bits per heavy atom. The van der Waals surface area contributed by atoms with Crippen LogP contribution in [0.1, 0.15) is 61.9 Å². The summed E-state index contributed by atoms with van der Waals surface area (Å²) in [6.07, 6.45) is 10.4. The minimum Gasteiger partial charge on any atom is -0.356 e. The minimum absolute atomic E-state index is 0.141. The van der Waals surface area contributed by atoms with Gasteiger partial charge in [0.1, 0.15) is 0 Å². The topological polar surface area (TPSA) is 57.8 Å². The fourth-order valence-corrected chi connectivity index (χ4v) is 6.12. The van der Waals surface area contributed by atoms with Gasteiger partial charge in [0.05, 0.1) is 12.1 Å². The van der Waals surface area contributed by atoms with Gasteiger partial charge in [-0.1, -0.05) is 0 Å². The third-order valence-electron chi connectivity index (χ3n) is 6.76. The first kappa shape index (κ1) is 15.2. The molecule has 1 aromatic rings. The number of hydrogen-bond acceptors (Lipinski definition) is 2. The van der Waals surface area contributed by atoms with Crippen molar-refractivity contribution in [3.8, 4) is 0 Å². The number of H-pyrrole nitrogens is 1. The molecule has 23 heavy (non-hydrogen) atoms. The van der Waals surface area contributed by atoms with Gasteiger partial charge in [-0.15, -0.1) is 0 Å². The summed E-state index contributed by atoms with van der Waals surface area (Å²) in [4.78, 5) is 12.2. The number of rotatable bonds is 5. The maximum absolute atomic E-state index is 12.2. The van der Waals surface area contributed by atoms with E-state index in [-0.39, 0.29) is 5.91 Å². The lowest BCUT2D eigenvalue weighted by atomic mass is 9.49. The maximum Gasteiger partial charge on any atom is 0.224 e. The predicted octanol–water partition coefficient (Wildman–Crippen LogP) is 3.29. The number of aromatic amines is 1. The summed E-state index contributed by atoms with van der Waals surface area (Å²) >= 11 is 0. The molecule has 5 rings (SSSR count). The molecule has 0 saturated heterocycles. The molecule has 4 bridgehead atoms. The first-order chi connectivity index (χ1) is 11.0. The van der Waals surface area contributed by atoms with E-state index < -0.39 is 0 Å². The van der Waals surface area contributed by atoms with Crippen molar-refractivity contribution in [2.45, 2.75) is 65.2 Å². The van der Waals surface area contributed by atoms with Gasteiger partial charge in [0.15, 0.2) is 0 Å².